The van der Waals surface area contributed by atoms with Crippen LogP contribution in [0.25, 0.3) is 0 Å². The minimum Gasteiger partial charge on any atom is -0.497 e. The van der Waals surface area contributed by atoms with Gasteiger partial charge in [-0.15, -0.1) is 0 Å². The number of hydrogen-bond acceptors (Lipinski definition) is 5. The molecule has 7 heteroatoms. The van der Waals surface area contributed by atoms with E-state index in [4.69, 9.17) is 14.7 Å². The summed E-state index contributed by atoms with van der Waals surface area (Å²) in [6.45, 7) is -0.387. The maximum atomic E-state index is 12.9. The predicted octanol–water partition coefficient (Wildman–Crippen LogP) is 2.50. The van der Waals surface area contributed by atoms with E-state index in [2.05, 4.69) is 0 Å². The van der Waals surface area contributed by atoms with Gasteiger partial charge in [-0.1, -0.05) is 12.1 Å². The number of carboxylic acids is 1. The Balaban J connectivity index is 2.32. The van der Waals surface area contributed by atoms with E-state index >= 15 is 0 Å². The molecule has 0 aliphatic heterocycles. The Hall–Kier alpha value is -3.53. The van der Waals surface area contributed by atoms with Crippen LogP contribution in [0, 0.1) is 11.3 Å². The van der Waals surface area contributed by atoms with Gasteiger partial charge in [0.1, 0.15) is 18.0 Å². The Kier molecular flexibility index (Phi) is 6.78. The van der Waals surface area contributed by atoms with E-state index in [1.165, 1.54) is 19.1 Å². The largest absolute Gasteiger partial charge is 0.497 e. The first-order chi connectivity index (χ1) is 13.0. The molecule has 2 aromatic carbocycles. The van der Waals surface area contributed by atoms with Crippen molar-refractivity contribution in [3.8, 4) is 17.6 Å². The smallest absolute Gasteiger partial charge is 0.323 e. The summed E-state index contributed by atoms with van der Waals surface area (Å²) in [6.07, 6.45) is 0.174. The number of carbonyl (C=O) groups is 2. The maximum Gasteiger partial charge on any atom is 0.323 e. The standard InChI is InChI=1S/C20H20N2O5/c1-26-17-9-15(10-18(11-17)27-2)12-22(13-19(23)24)20(25)16-5-3-4-14(8-16)6-7-21/h3-5,8-11H,6,12-13H2,1-2H3,(H,23,24). The molecule has 27 heavy (non-hydrogen) atoms. The highest BCUT2D eigenvalue weighted by Gasteiger charge is 2.20. The molecule has 140 valence electrons. The molecule has 0 saturated heterocycles. The highest BCUT2D eigenvalue weighted by molar-refractivity contribution is 5.96. The molecule has 0 aromatic heterocycles. The van der Waals surface area contributed by atoms with Crippen molar-refractivity contribution in [3.63, 3.8) is 0 Å². The highest BCUT2D eigenvalue weighted by atomic mass is 16.5. The Morgan fingerprint density at radius 1 is 1.07 bits per heavy atom. The zero-order valence-corrected chi connectivity index (χ0v) is 15.1. The van der Waals surface area contributed by atoms with E-state index in [-0.39, 0.29) is 13.0 Å². The lowest BCUT2D eigenvalue weighted by molar-refractivity contribution is -0.137. The zero-order chi connectivity index (χ0) is 19.8. The van der Waals surface area contributed by atoms with Crippen LogP contribution in [0.2, 0.25) is 0 Å². The maximum absolute atomic E-state index is 12.9. The number of ether oxygens (including phenoxy) is 2. The normalized spacial score (nSPS) is 9.96. The predicted molar refractivity (Wildman–Crippen MR) is 97.7 cm³/mol. The van der Waals surface area contributed by atoms with Crippen molar-refractivity contribution in [2.45, 2.75) is 13.0 Å². The minimum absolute atomic E-state index is 0.0706. The van der Waals surface area contributed by atoms with Gasteiger partial charge >= 0.3 is 5.97 Å². The molecular weight excluding hydrogens is 348 g/mol. The summed E-state index contributed by atoms with van der Waals surface area (Å²) in [5.74, 6) is -0.462. The molecule has 0 fully saturated rings. The number of nitriles is 1. The second kappa shape index (κ2) is 9.25. The van der Waals surface area contributed by atoms with E-state index in [1.54, 1.807) is 42.5 Å². The zero-order valence-electron chi connectivity index (χ0n) is 15.1. The molecule has 1 amide bonds. The number of methoxy groups -OCH3 is 2. The van der Waals surface area contributed by atoms with Gasteiger partial charge in [0.15, 0.2) is 0 Å². The number of nitrogens with zero attached hydrogens (tertiary/aromatic N) is 2. The molecule has 0 atom stereocenters. The first-order valence-corrected chi connectivity index (χ1v) is 8.15. The third-order valence-electron chi connectivity index (χ3n) is 3.86. The number of carbonyl (C=O) groups excluding carboxylic acids is 1. The van der Waals surface area contributed by atoms with Crippen LogP contribution in [-0.4, -0.2) is 42.6 Å². The van der Waals surface area contributed by atoms with Gasteiger partial charge in [-0.2, -0.15) is 5.26 Å². The number of benzene rings is 2. The molecule has 0 aliphatic carbocycles. The molecule has 7 nitrogen and oxygen atoms in total. The van der Waals surface area contributed by atoms with Gasteiger partial charge in [0, 0.05) is 18.2 Å². The third kappa shape index (κ3) is 5.47. The molecule has 0 bridgehead atoms. The Morgan fingerprint density at radius 2 is 1.74 bits per heavy atom. The second-order valence-corrected chi connectivity index (χ2v) is 5.81. The molecule has 2 aromatic rings. The number of carboxylic acid groups (broad SMARTS) is 1. The van der Waals surface area contributed by atoms with Gasteiger partial charge < -0.3 is 19.5 Å². The molecule has 0 saturated carbocycles. The fourth-order valence-electron chi connectivity index (χ4n) is 2.63. The van der Waals surface area contributed by atoms with Crippen LogP contribution in [0.5, 0.6) is 11.5 Å². The minimum atomic E-state index is -1.12. The Labute approximate surface area is 157 Å². The van der Waals surface area contributed by atoms with E-state index in [0.29, 0.717) is 28.2 Å². The number of hydrogen-bond donors (Lipinski definition) is 1. The first kappa shape index (κ1) is 19.8. The summed E-state index contributed by atoms with van der Waals surface area (Å²) >= 11 is 0. The van der Waals surface area contributed by atoms with Crippen LogP contribution in [-0.2, 0) is 17.8 Å². The summed E-state index contributed by atoms with van der Waals surface area (Å²) in [6, 6.07) is 13.8. The van der Waals surface area contributed by atoms with Gasteiger partial charge in [0.05, 0.1) is 26.7 Å². The van der Waals surface area contributed by atoms with Crippen molar-refractivity contribution in [2.75, 3.05) is 20.8 Å². The lowest BCUT2D eigenvalue weighted by Gasteiger charge is -2.22. The molecule has 0 unspecified atom stereocenters. The fraction of sp³-hybridized carbons (Fsp3) is 0.250. The molecule has 0 heterocycles. The summed E-state index contributed by atoms with van der Waals surface area (Å²) < 4.78 is 10.4. The van der Waals surface area contributed by atoms with Gasteiger partial charge in [-0.3, -0.25) is 9.59 Å². The lowest BCUT2D eigenvalue weighted by atomic mass is 10.1. The third-order valence-corrected chi connectivity index (χ3v) is 3.86. The van der Waals surface area contributed by atoms with E-state index < -0.39 is 18.4 Å². The summed E-state index contributed by atoms with van der Waals surface area (Å²) in [5, 5.41) is 18.0. The van der Waals surface area contributed by atoms with Crippen LogP contribution in [0.4, 0.5) is 0 Å². The van der Waals surface area contributed by atoms with Gasteiger partial charge in [-0.05, 0) is 35.4 Å². The van der Waals surface area contributed by atoms with Crippen LogP contribution < -0.4 is 9.47 Å². The molecule has 0 spiro atoms. The summed E-state index contributed by atoms with van der Waals surface area (Å²) in [5.41, 5.74) is 1.70. The van der Waals surface area contributed by atoms with Crippen molar-refractivity contribution in [2.24, 2.45) is 0 Å². The summed E-state index contributed by atoms with van der Waals surface area (Å²) in [7, 11) is 3.03. The number of amides is 1. The van der Waals surface area contributed by atoms with Crippen molar-refractivity contribution < 1.29 is 24.2 Å². The molecule has 2 rings (SSSR count). The van der Waals surface area contributed by atoms with Gasteiger partial charge in [0.2, 0.25) is 0 Å². The number of rotatable bonds is 8. The van der Waals surface area contributed by atoms with E-state index in [9.17, 15) is 14.7 Å². The SMILES string of the molecule is COc1cc(CN(CC(=O)O)C(=O)c2cccc(CC#N)c2)cc(OC)c1. The van der Waals surface area contributed by atoms with Crippen molar-refractivity contribution >= 4 is 11.9 Å². The highest BCUT2D eigenvalue weighted by Crippen LogP contribution is 2.24. The molecule has 0 radical (unpaired) electrons. The van der Waals surface area contributed by atoms with Crippen molar-refractivity contribution in [1.82, 2.24) is 4.90 Å². The monoisotopic (exact) mass is 368 g/mol. The average Bonchev–Trinajstić information content (AvgIpc) is 2.66. The fourth-order valence-corrected chi connectivity index (χ4v) is 2.63. The molecule has 1 N–H and O–H groups in total. The Bertz CT molecular complexity index is 851. The second-order valence-electron chi connectivity index (χ2n) is 5.81. The van der Waals surface area contributed by atoms with Crippen molar-refractivity contribution in [3.05, 3.63) is 59.2 Å². The topological polar surface area (TPSA) is 99.9 Å². The summed E-state index contributed by atoms with van der Waals surface area (Å²) in [4.78, 5) is 25.4. The quantitative estimate of drug-likeness (QED) is 0.768. The lowest BCUT2D eigenvalue weighted by Crippen LogP contribution is -2.35. The van der Waals surface area contributed by atoms with Crippen LogP contribution in [0.3, 0.4) is 0 Å². The van der Waals surface area contributed by atoms with E-state index in [1.807, 2.05) is 6.07 Å². The van der Waals surface area contributed by atoms with Crippen LogP contribution >= 0.6 is 0 Å². The van der Waals surface area contributed by atoms with Gasteiger partial charge in [-0.25, -0.2) is 0 Å². The molecular formula is C20H20N2O5. The Morgan fingerprint density at radius 3 is 2.30 bits per heavy atom. The van der Waals surface area contributed by atoms with Gasteiger partial charge in [0.25, 0.3) is 5.91 Å². The number of aliphatic carboxylic acids is 1. The van der Waals surface area contributed by atoms with E-state index in [0.717, 1.165) is 0 Å². The molecule has 0 aliphatic rings. The van der Waals surface area contributed by atoms with Crippen molar-refractivity contribution in [1.29, 1.82) is 5.26 Å². The van der Waals surface area contributed by atoms with Crippen LogP contribution in [0.1, 0.15) is 21.5 Å². The van der Waals surface area contributed by atoms with Crippen LogP contribution in [0.15, 0.2) is 42.5 Å². The first-order valence-electron chi connectivity index (χ1n) is 8.15. The average molecular weight is 368 g/mol.